The van der Waals surface area contributed by atoms with Gasteiger partial charge < -0.3 is 4.74 Å². The number of carbonyl (C=O) groups is 1. The van der Waals surface area contributed by atoms with E-state index in [4.69, 9.17) is 4.74 Å². The molecule has 0 bridgehead atoms. The number of alkyl halides is 3. The lowest BCUT2D eigenvalue weighted by Crippen LogP contribution is -2.58. The van der Waals surface area contributed by atoms with Crippen molar-refractivity contribution in [3.05, 3.63) is 71.0 Å². The van der Waals surface area contributed by atoms with Crippen molar-refractivity contribution in [2.45, 2.75) is 37.9 Å². The summed E-state index contributed by atoms with van der Waals surface area (Å²) in [4.78, 5) is 15.9. The van der Waals surface area contributed by atoms with Gasteiger partial charge in [-0.05, 0) is 42.9 Å². The zero-order chi connectivity index (χ0) is 25.9. The molecule has 2 heterocycles. The van der Waals surface area contributed by atoms with E-state index in [1.54, 1.807) is 50.4 Å². The van der Waals surface area contributed by atoms with E-state index in [0.717, 1.165) is 0 Å². The van der Waals surface area contributed by atoms with Crippen LogP contribution in [0.4, 0.5) is 17.6 Å². The molecule has 0 N–H and O–H groups in total. The largest absolute Gasteiger partial charge is 0.393 e. The highest BCUT2D eigenvalue weighted by Crippen LogP contribution is 2.47. The van der Waals surface area contributed by atoms with Crippen LogP contribution in [-0.4, -0.2) is 62.8 Å². The predicted molar refractivity (Wildman–Crippen MR) is 130 cm³/mol. The van der Waals surface area contributed by atoms with Crippen LogP contribution in [0.3, 0.4) is 0 Å². The average molecular weight is 506 g/mol. The zero-order valence-electron chi connectivity index (χ0n) is 20.7. The smallest absolute Gasteiger partial charge is 0.383 e. The number of benzene rings is 2. The highest BCUT2D eigenvalue weighted by Gasteiger charge is 2.53. The number of ether oxygens (including phenoxy) is 1. The molecule has 2 aliphatic rings. The number of carbonyl (C=O) groups excluding carboxylic acids is 1. The van der Waals surface area contributed by atoms with E-state index >= 15 is 0 Å². The SMILES string of the molecule is COCCN1CC(C(=O)c2ccccc2)[C@H](c2cccc(F)c2C)[C@@H]([C@H]2[N]CCC[C@@H]2C(F)(F)F)C1. The number of piperidine rings is 2. The fourth-order valence-electron chi connectivity index (χ4n) is 6.04. The molecule has 5 atom stereocenters. The molecular weight excluding hydrogens is 472 g/mol. The molecule has 0 spiro atoms. The van der Waals surface area contributed by atoms with Crippen molar-refractivity contribution in [2.24, 2.45) is 17.8 Å². The number of halogens is 4. The summed E-state index contributed by atoms with van der Waals surface area (Å²) in [6.07, 6.45) is -4.00. The normalized spacial score (nSPS) is 27.7. The maximum Gasteiger partial charge on any atom is 0.393 e. The molecule has 2 aromatic carbocycles. The Balaban J connectivity index is 1.84. The van der Waals surface area contributed by atoms with Crippen LogP contribution in [0.1, 0.15) is 40.2 Å². The van der Waals surface area contributed by atoms with E-state index in [1.165, 1.54) is 6.07 Å². The van der Waals surface area contributed by atoms with Gasteiger partial charge in [0, 0.05) is 56.7 Å². The summed E-state index contributed by atoms with van der Waals surface area (Å²) in [6, 6.07) is 12.5. The van der Waals surface area contributed by atoms with E-state index in [2.05, 4.69) is 5.32 Å². The van der Waals surface area contributed by atoms with Crippen molar-refractivity contribution >= 4 is 5.78 Å². The van der Waals surface area contributed by atoms with Crippen LogP contribution in [0, 0.1) is 30.5 Å². The van der Waals surface area contributed by atoms with Crippen LogP contribution < -0.4 is 5.32 Å². The van der Waals surface area contributed by atoms with Gasteiger partial charge in [0.25, 0.3) is 0 Å². The van der Waals surface area contributed by atoms with Crippen LogP contribution >= 0.6 is 0 Å². The highest BCUT2D eigenvalue weighted by atomic mass is 19.4. The number of rotatable bonds is 7. The summed E-state index contributed by atoms with van der Waals surface area (Å²) in [6.45, 7) is 3.58. The minimum atomic E-state index is -4.40. The lowest BCUT2D eigenvalue weighted by Gasteiger charge is -2.49. The van der Waals surface area contributed by atoms with Crippen molar-refractivity contribution in [2.75, 3.05) is 39.9 Å². The molecule has 195 valence electrons. The first kappa shape index (κ1) is 26.8. The second-order valence-electron chi connectivity index (χ2n) is 9.92. The number of hydrogen-bond donors (Lipinski definition) is 0. The predicted octanol–water partition coefficient (Wildman–Crippen LogP) is 5.24. The van der Waals surface area contributed by atoms with Gasteiger partial charge in [0.05, 0.1) is 12.5 Å². The molecule has 0 aromatic heterocycles. The van der Waals surface area contributed by atoms with Crippen LogP contribution in [0.25, 0.3) is 0 Å². The van der Waals surface area contributed by atoms with E-state index in [9.17, 15) is 22.4 Å². The maximum absolute atomic E-state index is 14.7. The molecule has 0 amide bonds. The first-order chi connectivity index (χ1) is 17.2. The molecular formula is C28H33F4N2O2. The second kappa shape index (κ2) is 11.4. The monoisotopic (exact) mass is 505 g/mol. The Morgan fingerprint density at radius 1 is 1.11 bits per heavy atom. The molecule has 2 saturated heterocycles. The lowest BCUT2D eigenvalue weighted by atomic mass is 9.64. The first-order valence-corrected chi connectivity index (χ1v) is 12.5. The van der Waals surface area contributed by atoms with E-state index < -0.39 is 41.7 Å². The Morgan fingerprint density at radius 3 is 2.56 bits per heavy atom. The van der Waals surface area contributed by atoms with Gasteiger partial charge in [-0.15, -0.1) is 0 Å². The molecule has 8 heteroatoms. The quantitative estimate of drug-likeness (QED) is 0.382. The summed E-state index contributed by atoms with van der Waals surface area (Å²) in [5.74, 6) is -3.98. The Bertz CT molecular complexity index is 1030. The lowest BCUT2D eigenvalue weighted by molar-refractivity contribution is -0.195. The van der Waals surface area contributed by atoms with E-state index in [1.807, 2.05) is 11.0 Å². The summed E-state index contributed by atoms with van der Waals surface area (Å²) in [5.41, 5.74) is 1.48. The topological polar surface area (TPSA) is 43.6 Å². The van der Waals surface area contributed by atoms with Gasteiger partial charge in [0.2, 0.25) is 0 Å². The van der Waals surface area contributed by atoms with Crippen molar-refractivity contribution in [3.63, 3.8) is 0 Å². The molecule has 0 aliphatic carbocycles. The van der Waals surface area contributed by atoms with Gasteiger partial charge in [-0.3, -0.25) is 9.69 Å². The fourth-order valence-corrected chi connectivity index (χ4v) is 6.04. The molecule has 1 unspecified atom stereocenters. The summed E-state index contributed by atoms with van der Waals surface area (Å²) in [7, 11) is 1.57. The molecule has 2 aromatic rings. The number of likely N-dealkylation sites (tertiary alicyclic amines) is 1. The highest BCUT2D eigenvalue weighted by molar-refractivity contribution is 5.98. The van der Waals surface area contributed by atoms with Crippen LogP contribution in [0.15, 0.2) is 48.5 Å². The Hall–Kier alpha value is -2.29. The van der Waals surface area contributed by atoms with Gasteiger partial charge >= 0.3 is 6.18 Å². The van der Waals surface area contributed by atoms with Gasteiger partial charge in [-0.2, -0.15) is 13.2 Å². The zero-order valence-corrected chi connectivity index (χ0v) is 20.7. The third kappa shape index (κ3) is 5.66. The fraction of sp³-hybridized carbons (Fsp3) is 0.536. The van der Waals surface area contributed by atoms with Gasteiger partial charge in [-0.25, -0.2) is 9.71 Å². The van der Waals surface area contributed by atoms with Crippen molar-refractivity contribution in [1.82, 2.24) is 10.2 Å². The third-order valence-corrected chi connectivity index (χ3v) is 7.78. The van der Waals surface area contributed by atoms with Crippen molar-refractivity contribution < 1.29 is 27.1 Å². The Morgan fingerprint density at radius 2 is 1.86 bits per heavy atom. The standard InChI is InChI=1S/C28H33F4N2O2/c1-18-20(10-6-12-24(18)29)25-21(26-23(28(30,31)32)11-7-13-33-26)16-34(14-15-36-2)17-22(25)27(35)19-8-4-3-5-9-19/h3-6,8-10,12,21-23,25-26H,7,11,13-17H2,1-2H3/t21-,22?,23-,25+,26+/m0/s1. The van der Waals surface area contributed by atoms with E-state index in [0.29, 0.717) is 55.9 Å². The number of ketones is 1. The summed E-state index contributed by atoms with van der Waals surface area (Å²) < 4.78 is 62.7. The van der Waals surface area contributed by atoms with Gasteiger partial charge in [0.1, 0.15) is 5.82 Å². The first-order valence-electron chi connectivity index (χ1n) is 12.5. The number of nitrogens with zero attached hydrogens (tertiary/aromatic N) is 2. The Kier molecular flexibility index (Phi) is 8.48. The Labute approximate surface area is 210 Å². The maximum atomic E-state index is 14.7. The molecule has 4 rings (SSSR count). The van der Waals surface area contributed by atoms with E-state index in [-0.39, 0.29) is 12.2 Å². The minimum absolute atomic E-state index is 0.0123. The van der Waals surface area contributed by atoms with Crippen molar-refractivity contribution in [1.29, 1.82) is 0 Å². The minimum Gasteiger partial charge on any atom is -0.383 e. The number of Topliss-reactive ketones (excluding diaryl/α,β-unsaturated/α-hetero) is 1. The molecule has 2 aliphatic heterocycles. The molecule has 4 nitrogen and oxygen atoms in total. The third-order valence-electron chi connectivity index (χ3n) is 7.78. The average Bonchev–Trinajstić information content (AvgIpc) is 2.88. The molecule has 36 heavy (non-hydrogen) atoms. The van der Waals surface area contributed by atoms with Crippen LogP contribution in [-0.2, 0) is 4.74 Å². The molecule has 1 radical (unpaired) electrons. The summed E-state index contributed by atoms with van der Waals surface area (Å²) >= 11 is 0. The van der Waals surface area contributed by atoms with Gasteiger partial charge in [0.15, 0.2) is 5.78 Å². The number of hydrogen-bond acceptors (Lipinski definition) is 3. The summed E-state index contributed by atoms with van der Waals surface area (Å²) in [5, 5.41) is 4.53. The van der Waals surface area contributed by atoms with Gasteiger partial charge in [-0.1, -0.05) is 42.5 Å². The van der Waals surface area contributed by atoms with Crippen LogP contribution in [0.5, 0.6) is 0 Å². The molecule has 2 fully saturated rings. The second-order valence-corrected chi connectivity index (χ2v) is 9.92. The number of methoxy groups -OCH3 is 1. The molecule has 0 saturated carbocycles. The van der Waals surface area contributed by atoms with Crippen molar-refractivity contribution in [3.8, 4) is 0 Å². The van der Waals surface area contributed by atoms with Crippen LogP contribution in [0.2, 0.25) is 0 Å².